The number of rotatable bonds is 49. The van der Waals surface area contributed by atoms with Crippen LogP contribution in [0, 0.1) is 0 Å². The van der Waals surface area contributed by atoms with E-state index in [1.165, 1.54) is 218 Å². The number of likely N-dealkylation sites (N-methyl/N-ethyl adjacent to an activating group) is 1. The molecule has 0 fully saturated rings. The average molecular weight is 837 g/mol. The van der Waals surface area contributed by atoms with Crippen LogP contribution in [0.15, 0.2) is 0 Å². The van der Waals surface area contributed by atoms with Crippen molar-refractivity contribution in [1.82, 2.24) is 4.90 Å². The van der Waals surface area contributed by atoms with Gasteiger partial charge in [0.2, 0.25) is 0 Å². The van der Waals surface area contributed by atoms with Crippen LogP contribution < -0.4 is 5.11 Å². The summed E-state index contributed by atoms with van der Waals surface area (Å²) in [7, 11) is 5.82. The number of hydrogen-bond acceptors (Lipinski definition) is 5. The summed E-state index contributed by atoms with van der Waals surface area (Å²) in [5.41, 5.74) is 0. The number of unbranched alkanes of at least 4 members (excludes halogenated alkanes) is 36. The van der Waals surface area contributed by atoms with Gasteiger partial charge in [0.05, 0.1) is 21.1 Å². The van der Waals surface area contributed by atoms with E-state index in [1.807, 2.05) is 21.1 Å². The molecular formula is C53H108N2O4. The molecule has 3 atom stereocenters. The minimum absolute atomic E-state index is 0.0390. The molecule has 0 aliphatic rings. The largest absolute Gasteiger partial charge is 0.543 e. The first kappa shape index (κ1) is 58.3. The second kappa shape index (κ2) is 43.9. The number of aliphatic hydroxyl groups excluding tert-OH is 2. The van der Waals surface area contributed by atoms with Gasteiger partial charge in [-0.2, -0.15) is 0 Å². The van der Waals surface area contributed by atoms with Crippen molar-refractivity contribution in [3.05, 3.63) is 0 Å². The van der Waals surface area contributed by atoms with Gasteiger partial charge in [-0.1, -0.05) is 258 Å². The van der Waals surface area contributed by atoms with E-state index in [4.69, 9.17) is 0 Å². The molecule has 0 aromatic rings. The van der Waals surface area contributed by atoms with Crippen LogP contribution in [0.3, 0.4) is 0 Å². The SMILES string of the molecule is CCCCCCCCCCCCCCCCCCCCCC(CCO)N(C(CCO)CCCCCCCCCCCCCCCCCCCCC)C(C(=O)[O-])[N+](C)(C)C. The van der Waals surface area contributed by atoms with Crippen molar-refractivity contribution in [2.24, 2.45) is 0 Å². The predicted molar refractivity (Wildman–Crippen MR) is 256 cm³/mol. The lowest BCUT2D eigenvalue weighted by molar-refractivity contribution is -0.902. The Morgan fingerprint density at radius 2 is 0.593 bits per heavy atom. The van der Waals surface area contributed by atoms with Gasteiger partial charge in [0, 0.05) is 25.3 Å². The van der Waals surface area contributed by atoms with Gasteiger partial charge in [0.1, 0.15) is 5.97 Å². The number of carbonyl (C=O) groups is 1. The number of aliphatic carboxylic acids is 1. The number of carboxylic acids is 1. The van der Waals surface area contributed by atoms with E-state index in [-0.39, 0.29) is 29.8 Å². The quantitative estimate of drug-likeness (QED) is 0.0362. The lowest BCUT2D eigenvalue weighted by Gasteiger charge is -2.48. The first-order valence-corrected chi connectivity index (χ1v) is 26.8. The van der Waals surface area contributed by atoms with Crippen LogP contribution in [0.1, 0.15) is 284 Å². The third kappa shape index (κ3) is 36.5. The van der Waals surface area contributed by atoms with Gasteiger partial charge in [-0.25, -0.2) is 4.90 Å². The normalized spacial score (nSPS) is 13.7. The molecule has 0 heterocycles. The smallest absolute Gasteiger partial charge is 0.186 e. The van der Waals surface area contributed by atoms with E-state index in [0.29, 0.717) is 12.8 Å². The maximum atomic E-state index is 12.8. The van der Waals surface area contributed by atoms with E-state index in [2.05, 4.69) is 18.7 Å². The summed E-state index contributed by atoms with van der Waals surface area (Å²) in [4.78, 5) is 15.0. The molecular weight excluding hydrogens is 729 g/mol. The molecule has 0 aliphatic heterocycles. The molecule has 0 aromatic carbocycles. The highest BCUT2D eigenvalue weighted by molar-refractivity contribution is 5.69. The number of quaternary nitrogens is 1. The van der Waals surface area contributed by atoms with Crippen molar-refractivity contribution in [3.63, 3.8) is 0 Å². The zero-order valence-electron chi connectivity index (χ0n) is 41.0. The molecule has 3 unspecified atom stereocenters. The highest BCUT2D eigenvalue weighted by Crippen LogP contribution is 2.28. The van der Waals surface area contributed by atoms with Crippen LogP contribution in [0.2, 0.25) is 0 Å². The lowest BCUT2D eigenvalue weighted by atomic mass is 9.95. The maximum absolute atomic E-state index is 12.8. The lowest BCUT2D eigenvalue weighted by Crippen LogP contribution is -2.67. The van der Waals surface area contributed by atoms with Gasteiger partial charge >= 0.3 is 0 Å². The highest BCUT2D eigenvalue weighted by atomic mass is 16.4. The number of carbonyl (C=O) groups excluding carboxylic acids is 1. The van der Waals surface area contributed by atoms with Crippen molar-refractivity contribution in [1.29, 1.82) is 0 Å². The fourth-order valence-electron chi connectivity index (χ4n) is 9.64. The van der Waals surface area contributed by atoms with Crippen LogP contribution >= 0.6 is 0 Å². The summed E-state index contributed by atoms with van der Waals surface area (Å²) in [5, 5.41) is 33.2. The molecule has 0 radical (unpaired) electrons. The van der Waals surface area contributed by atoms with Crippen molar-refractivity contribution < 1.29 is 24.6 Å². The van der Waals surface area contributed by atoms with Crippen molar-refractivity contribution in [2.75, 3.05) is 34.4 Å². The minimum Gasteiger partial charge on any atom is -0.543 e. The molecule has 2 N–H and O–H groups in total. The molecule has 0 aromatic heterocycles. The molecule has 6 nitrogen and oxygen atoms in total. The van der Waals surface area contributed by atoms with Crippen LogP contribution in [0.4, 0.5) is 0 Å². The van der Waals surface area contributed by atoms with E-state index >= 15 is 0 Å². The Hall–Kier alpha value is -0.690. The topological polar surface area (TPSA) is 83.8 Å². The summed E-state index contributed by atoms with van der Waals surface area (Å²) in [5.74, 6) is -1.05. The fraction of sp³-hybridized carbons (Fsp3) is 0.981. The summed E-state index contributed by atoms with van der Waals surface area (Å²) < 4.78 is 0.241. The monoisotopic (exact) mass is 837 g/mol. The Morgan fingerprint density at radius 3 is 0.763 bits per heavy atom. The fourth-order valence-corrected chi connectivity index (χ4v) is 9.64. The molecule has 0 rings (SSSR count). The average Bonchev–Trinajstić information content (AvgIpc) is 3.20. The standard InChI is InChI=1S/C53H108N2O4/c1-6-8-10-12-14-16-18-20-22-24-26-28-30-32-34-36-38-40-42-44-50(46-48-56)54(52(53(58)59)55(3,4)5)51(47-49-57)45-43-41-39-37-35-33-31-29-27-25-23-21-19-17-15-13-11-9-7-2/h50-52,56-57H,6-49H2,1-5H3. The van der Waals surface area contributed by atoms with Crippen LogP contribution in [0.25, 0.3) is 0 Å². The minimum atomic E-state index is -1.05. The van der Waals surface area contributed by atoms with Gasteiger partial charge in [-0.05, 0) is 25.7 Å². The molecule has 6 heteroatoms. The van der Waals surface area contributed by atoms with Gasteiger partial charge in [-0.3, -0.25) is 0 Å². The second-order valence-corrected chi connectivity index (χ2v) is 19.9. The first-order valence-electron chi connectivity index (χ1n) is 26.8. The van der Waals surface area contributed by atoms with Crippen molar-refractivity contribution in [2.45, 2.75) is 302 Å². The molecule has 354 valence electrons. The van der Waals surface area contributed by atoms with Gasteiger partial charge in [0.15, 0.2) is 6.17 Å². The third-order valence-electron chi connectivity index (χ3n) is 13.3. The summed E-state index contributed by atoms with van der Waals surface area (Å²) in [6.07, 6.45) is 53.4. The van der Waals surface area contributed by atoms with Crippen molar-refractivity contribution >= 4 is 5.97 Å². The van der Waals surface area contributed by atoms with E-state index in [0.717, 1.165) is 38.5 Å². The Bertz CT molecular complexity index is 796. The summed E-state index contributed by atoms with van der Waals surface area (Å²) >= 11 is 0. The molecule has 0 aliphatic carbocycles. The van der Waals surface area contributed by atoms with Gasteiger partial charge in [-0.15, -0.1) is 0 Å². The molecule has 59 heavy (non-hydrogen) atoms. The number of nitrogens with zero attached hydrogens (tertiary/aromatic N) is 2. The van der Waals surface area contributed by atoms with Gasteiger partial charge < -0.3 is 24.6 Å². The number of hydrogen-bond donors (Lipinski definition) is 2. The van der Waals surface area contributed by atoms with Crippen LogP contribution in [0.5, 0.6) is 0 Å². The zero-order chi connectivity index (χ0) is 43.5. The van der Waals surface area contributed by atoms with E-state index in [1.54, 1.807) is 0 Å². The van der Waals surface area contributed by atoms with E-state index in [9.17, 15) is 20.1 Å². The molecule has 0 saturated heterocycles. The first-order chi connectivity index (χ1) is 28.7. The molecule has 0 amide bonds. The number of carboxylic acid groups (broad SMARTS) is 1. The number of aliphatic hydroxyl groups is 2. The molecule has 0 saturated carbocycles. The second-order valence-electron chi connectivity index (χ2n) is 19.9. The molecule has 0 spiro atoms. The Balaban J connectivity index is 4.50. The van der Waals surface area contributed by atoms with Crippen LogP contribution in [-0.2, 0) is 4.79 Å². The Labute approximate surface area is 370 Å². The van der Waals surface area contributed by atoms with E-state index < -0.39 is 12.1 Å². The van der Waals surface area contributed by atoms with Gasteiger partial charge in [0.25, 0.3) is 0 Å². The maximum Gasteiger partial charge on any atom is 0.186 e. The Morgan fingerprint density at radius 1 is 0.390 bits per heavy atom. The predicted octanol–water partition coefficient (Wildman–Crippen LogP) is 14.2. The molecule has 0 bridgehead atoms. The zero-order valence-corrected chi connectivity index (χ0v) is 41.0. The summed E-state index contributed by atoms with van der Waals surface area (Å²) in [6.45, 7) is 4.67. The summed E-state index contributed by atoms with van der Waals surface area (Å²) in [6, 6.07) is -0.0779. The Kier molecular flexibility index (Phi) is 43.4. The van der Waals surface area contributed by atoms with Crippen molar-refractivity contribution in [3.8, 4) is 0 Å². The third-order valence-corrected chi connectivity index (χ3v) is 13.3. The van der Waals surface area contributed by atoms with Crippen LogP contribution in [-0.4, -0.2) is 78.2 Å². The highest BCUT2D eigenvalue weighted by Gasteiger charge is 2.40.